The van der Waals surface area contributed by atoms with Crippen LogP contribution in [0.2, 0.25) is 0 Å². The van der Waals surface area contributed by atoms with Gasteiger partial charge in [-0.25, -0.2) is 0 Å². The van der Waals surface area contributed by atoms with E-state index >= 15 is 0 Å². The molecule has 0 bridgehead atoms. The number of allylic oxidation sites excluding steroid dienone is 1. The average molecular weight is 162 g/mol. The lowest BCUT2D eigenvalue weighted by molar-refractivity contribution is 0.364. The van der Waals surface area contributed by atoms with E-state index in [1.165, 1.54) is 0 Å². The largest absolute Gasteiger partial charge is 0.289 e. The van der Waals surface area contributed by atoms with Crippen LogP contribution in [-0.2, 0) is 14.3 Å². The van der Waals surface area contributed by atoms with Gasteiger partial charge < -0.3 is 0 Å². The van der Waals surface area contributed by atoms with Crippen molar-refractivity contribution >= 4 is 10.1 Å². The molecule has 0 aliphatic carbocycles. The maximum Gasteiger partial charge on any atom is 0.289 e. The van der Waals surface area contributed by atoms with E-state index in [4.69, 9.17) is 0 Å². The van der Waals surface area contributed by atoms with Gasteiger partial charge in [-0.3, -0.25) is 4.18 Å². The van der Waals surface area contributed by atoms with Crippen molar-refractivity contribution in [1.82, 2.24) is 0 Å². The smallest absolute Gasteiger partial charge is 0.263 e. The molecule has 0 fully saturated rings. The summed E-state index contributed by atoms with van der Waals surface area (Å²) in [4.78, 5) is 0. The summed E-state index contributed by atoms with van der Waals surface area (Å²) in [5.41, 5.74) is 0. The third kappa shape index (κ3) is 4.29. The van der Waals surface area contributed by atoms with Gasteiger partial charge in [0, 0.05) is 0 Å². The summed E-state index contributed by atoms with van der Waals surface area (Å²) >= 11 is 0. The maximum absolute atomic E-state index is 10.5. The molecule has 0 aromatic carbocycles. The van der Waals surface area contributed by atoms with Crippen LogP contribution >= 0.6 is 0 Å². The molecule has 0 saturated heterocycles. The fourth-order valence-electron chi connectivity index (χ4n) is 0.278. The maximum atomic E-state index is 10.5. The molecule has 4 heteroatoms. The van der Waals surface area contributed by atoms with Crippen molar-refractivity contribution < 1.29 is 12.6 Å². The topological polar surface area (TPSA) is 43.4 Å². The van der Waals surface area contributed by atoms with Crippen LogP contribution in [0.5, 0.6) is 0 Å². The minimum Gasteiger partial charge on any atom is -0.263 e. The third-order valence-corrected chi connectivity index (χ3v) is 1.64. The molecular weight excluding hydrogens is 152 g/mol. The lowest BCUT2D eigenvalue weighted by atomic mass is 10.6. The highest BCUT2D eigenvalue weighted by Gasteiger charge is 2.00. The summed E-state index contributed by atoms with van der Waals surface area (Å²) in [7, 11) is -3.48. The lowest BCUT2D eigenvalue weighted by Gasteiger charge is -1.94. The second kappa shape index (κ2) is 4.24. The van der Waals surface area contributed by atoms with Gasteiger partial charge in [-0.15, -0.1) is 0 Å². The highest BCUT2D eigenvalue weighted by atomic mass is 32.2. The summed E-state index contributed by atoms with van der Waals surface area (Å²) in [6.45, 7) is 4.93. The Bertz CT molecular complexity index is 213. The van der Waals surface area contributed by atoms with Crippen LogP contribution in [0.4, 0.5) is 0 Å². The molecule has 10 heavy (non-hydrogen) atoms. The zero-order chi connectivity index (χ0) is 8.04. The molecule has 0 aliphatic rings. The van der Waals surface area contributed by atoms with E-state index in [1.807, 2.05) is 0 Å². The van der Waals surface area contributed by atoms with E-state index in [0.717, 1.165) is 5.41 Å². The van der Waals surface area contributed by atoms with Crippen molar-refractivity contribution in [3.8, 4) is 0 Å². The van der Waals surface area contributed by atoms with Crippen molar-refractivity contribution in [3.05, 3.63) is 24.1 Å². The monoisotopic (exact) mass is 162 g/mol. The minimum absolute atomic E-state index is 0.0743. The van der Waals surface area contributed by atoms with Crippen molar-refractivity contribution in [2.75, 3.05) is 6.61 Å². The van der Waals surface area contributed by atoms with Gasteiger partial charge in [0.2, 0.25) is 0 Å². The molecule has 0 heterocycles. The zero-order valence-electron chi connectivity index (χ0n) is 5.78. The third-order valence-electron chi connectivity index (χ3n) is 0.768. The van der Waals surface area contributed by atoms with E-state index in [0.29, 0.717) is 0 Å². The summed E-state index contributed by atoms with van der Waals surface area (Å²) in [6.07, 6.45) is 3.31. The van der Waals surface area contributed by atoms with Crippen LogP contribution in [0.25, 0.3) is 0 Å². The summed E-state index contributed by atoms with van der Waals surface area (Å²) in [6, 6.07) is 0. The highest BCUT2D eigenvalue weighted by molar-refractivity contribution is 7.89. The van der Waals surface area contributed by atoms with Crippen molar-refractivity contribution in [3.63, 3.8) is 0 Å². The Kier molecular flexibility index (Phi) is 3.99. The normalized spacial score (nSPS) is 12.1. The summed E-state index contributed by atoms with van der Waals surface area (Å²) in [5, 5.41) is 0.774. The molecule has 0 aromatic heterocycles. The van der Waals surface area contributed by atoms with Gasteiger partial charge in [-0.1, -0.05) is 18.7 Å². The van der Waals surface area contributed by atoms with Crippen LogP contribution in [0, 0.1) is 0 Å². The van der Waals surface area contributed by atoms with Gasteiger partial charge in [0.25, 0.3) is 10.1 Å². The van der Waals surface area contributed by atoms with Crippen LogP contribution in [0.15, 0.2) is 24.1 Å². The van der Waals surface area contributed by atoms with Crippen molar-refractivity contribution in [2.45, 2.75) is 6.92 Å². The number of hydrogen-bond donors (Lipinski definition) is 0. The SMILES string of the molecule is C=CS(=O)(=O)OC/C=C/C. The Balaban J connectivity index is 3.81. The van der Waals surface area contributed by atoms with E-state index in [1.54, 1.807) is 19.1 Å². The Morgan fingerprint density at radius 1 is 1.60 bits per heavy atom. The second-order valence-electron chi connectivity index (χ2n) is 1.51. The van der Waals surface area contributed by atoms with Gasteiger partial charge in [0.05, 0.1) is 12.0 Å². The van der Waals surface area contributed by atoms with Gasteiger partial charge in [-0.2, -0.15) is 8.42 Å². The van der Waals surface area contributed by atoms with E-state index < -0.39 is 10.1 Å². The molecule has 0 unspecified atom stereocenters. The molecule has 3 nitrogen and oxygen atoms in total. The van der Waals surface area contributed by atoms with Gasteiger partial charge in [0.15, 0.2) is 0 Å². The molecule has 0 aliphatic heterocycles. The average Bonchev–Trinajstić information content (AvgIpc) is 1.89. The first-order valence-corrected chi connectivity index (χ1v) is 4.22. The molecule has 0 aromatic rings. The Morgan fingerprint density at radius 2 is 2.20 bits per heavy atom. The second-order valence-corrected chi connectivity index (χ2v) is 3.07. The molecule has 0 atom stereocenters. The van der Waals surface area contributed by atoms with Crippen molar-refractivity contribution in [1.29, 1.82) is 0 Å². The summed E-state index contributed by atoms with van der Waals surface area (Å²) in [5.74, 6) is 0. The molecule has 0 radical (unpaired) electrons. The van der Waals surface area contributed by atoms with E-state index in [9.17, 15) is 8.42 Å². The van der Waals surface area contributed by atoms with Crippen LogP contribution in [0.3, 0.4) is 0 Å². The minimum atomic E-state index is -3.48. The van der Waals surface area contributed by atoms with Gasteiger partial charge in [0.1, 0.15) is 0 Å². The standard InChI is InChI=1S/C6H10O3S/c1-3-5-6-9-10(7,8)4-2/h3-5H,2,6H2,1H3/b5-3+. The van der Waals surface area contributed by atoms with Crippen LogP contribution in [0.1, 0.15) is 6.92 Å². The fourth-order valence-corrected chi connectivity index (χ4v) is 0.643. The highest BCUT2D eigenvalue weighted by Crippen LogP contribution is 1.92. The molecular formula is C6H10O3S. The van der Waals surface area contributed by atoms with E-state index in [2.05, 4.69) is 10.8 Å². The number of rotatable bonds is 4. The molecule has 0 amide bonds. The Labute approximate surface area is 61.1 Å². The molecule has 0 N–H and O–H groups in total. The Morgan fingerprint density at radius 3 is 2.60 bits per heavy atom. The first kappa shape index (κ1) is 9.39. The van der Waals surface area contributed by atoms with Crippen molar-refractivity contribution in [2.24, 2.45) is 0 Å². The van der Waals surface area contributed by atoms with Crippen LogP contribution in [-0.4, -0.2) is 15.0 Å². The zero-order valence-corrected chi connectivity index (χ0v) is 6.60. The number of hydrogen-bond acceptors (Lipinski definition) is 3. The van der Waals surface area contributed by atoms with Gasteiger partial charge >= 0.3 is 0 Å². The fraction of sp³-hybridized carbons (Fsp3) is 0.333. The van der Waals surface area contributed by atoms with Crippen LogP contribution < -0.4 is 0 Å². The Hall–Kier alpha value is -0.610. The predicted octanol–water partition coefficient (Wildman–Crippen LogP) is 1.05. The molecule has 0 saturated carbocycles. The first-order valence-electron chi connectivity index (χ1n) is 2.75. The van der Waals surface area contributed by atoms with E-state index in [-0.39, 0.29) is 6.61 Å². The molecule has 0 spiro atoms. The molecule has 58 valence electrons. The summed E-state index contributed by atoms with van der Waals surface area (Å²) < 4.78 is 25.4. The lowest BCUT2D eigenvalue weighted by Crippen LogP contribution is -2.00. The molecule has 0 rings (SSSR count). The first-order chi connectivity index (χ1) is 4.62. The quantitative estimate of drug-likeness (QED) is 0.458. The predicted molar refractivity (Wildman–Crippen MR) is 39.9 cm³/mol. The van der Waals surface area contributed by atoms with Gasteiger partial charge in [-0.05, 0) is 6.92 Å².